The van der Waals surface area contributed by atoms with E-state index in [9.17, 15) is 30.6 Å². The molecule has 6 aromatic rings. The molecule has 0 unspecified atom stereocenters. The lowest BCUT2D eigenvalue weighted by atomic mass is 9.92. The molecule has 2 aromatic heterocycles. The molecular formula is C49H44Cl2N4O8. The first-order chi connectivity index (χ1) is 30.4. The number of halogens is 2. The van der Waals surface area contributed by atoms with Crippen LogP contribution >= 0.6 is 23.2 Å². The highest BCUT2D eigenvalue weighted by Crippen LogP contribution is 2.38. The number of aromatic nitrogens is 2. The smallest absolute Gasteiger partial charge is 0.309 e. The lowest BCUT2D eigenvalue weighted by Crippen LogP contribution is -2.26. The molecule has 0 saturated heterocycles. The number of benzene rings is 4. The molecule has 0 bridgehead atoms. The Hall–Kier alpha value is -6.67. The van der Waals surface area contributed by atoms with Crippen LogP contribution in [0.5, 0.6) is 23.0 Å². The summed E-state index contributed by atoms with van der Waals surface area (Å²) in [5, 5.41) is 48.9. The third kappa shape index (κ3) is 11.6. The fourth-order valence-electron chi connectivity index (χ4n) is 6.99. The maximum absolute atomic E-state index is 11.8. The zero-order valence-electron chi connectivity index (χ0n) is 34.8. The van der Waals surface area contributed by atoms with Gasteiger partial charge in [0.05, 0.1) is 39.8 Å². The van der Waals surface area contributed by atoms with Gasteiger partial charge in [-0.3, -0.25) is 14.8 Å². The van der Waals surface area contributed by atoms with Crippen molar-refractivity contribution in [3.05, 3.63) is 163 Å². The summed E-state index contributed by atoms with van der Waals surface area (Å²) in [6, 6.07) is 26.1. The Balaban J connectivity index is 1.19. The zero-order chi connectivity index (χ0) is 45.0. The van der Waals surface area contributed by atoms with Crippen LogP contribution < -0.4 is 18.9 Å². The molecule has 2 heterocycles. The average Bonchev–Trinajstić information content (AvgIpc) is 3.28. The van der Waals surface area contributed by atoms with Gasteiger partial charge in [0.2, 0.25) is 0 Å². The fourth-order valence-corrected chi connectivity index (χ4v) is 7.48. The second kappa shape index (κ2) is 21.4. The summed E-state index contributed by atoms with van der Waals surface area (Å²) >= 11 is 13.4. The van der Waals surface area contributed by atoms with Crippen LogP contribution in [-0.4, -0.2) is 37.4 Å². The predicted molar refractivity (Wildman–Crippen MR) is 237 cm³/mol. The Morgan fingerprint density at radius 1 is 0.667 bits per heavy atom. The van der Waals surface area contributed by atoms with Crippen LogP contribution in [0.4, 0.5) is 0 Å². The number of nitrogens with zero attached hydrogens (tertiary/aromatic N) is 4. The number of carboxylic acids is 1. The first-order valence-electron chi connectivity index (χ1n) is 19.9. The number of hydrogen-bond acceptors (Lipinski definition) is 11. The maximum atomic E-state index is 11.8. The van der Waals surface area contributed by atoms with Crippen LogP contribution in [0.3, 0.4) is 0 Å². The Morgan fingerprint density at radius 2 is 1.13 bits per heavy atom. The SMILES string of the molecule is Cc1c(COc2cc(OCc3cncc(C#N)c3)c(CO)cc2Cl)cccc1-c1cccc(COc2cc(OCc3cncc(C#N)c3)c(CC[C@@H](C(=O)O)[C@@H](C)O)cc2Cl)c1C. The van der Waals surface area contributed by atoms with Gasteiger partial charge in [0, 0.05) is 53.6 Å². The molecule has 0 fully saturated rings. The number of rotatable bonds is 19. The largest absolute Gasteiger partial charge is 0.488 e. The summed E-state index contributed by atoms with van der Waals surface area (Å²) in [6.45, 7) is 5.77. The first-order valence-corrected chi connectivity index (χ1v) is 20.7. The van der Waals surface area contributed by atoms with E-state index >= 15 is 0 Å². The molecule has 0 saturated carbocycles. The zero-order valence-corrected chi connectivity index (χ0v) is 36.3. The Bertz CT molecular complexity index is 2690. The monoisotopic (exact) mass is 886 g/mol. The number of aliphatic hydroxyl groups is 2. The lowest BCUT2D eigenvalue weighted by molar-refractivity contribution is -0.145. The number of aliphatic carboxylic acids is 1. The van der Waals surface area contributed by atoms with Gasteiger partial charge in [-0.15, -0.1) is 0 Å². The third-order valence-electron chi connectivity index (χ3n) is 10.6. The minimum absolute atomic E-state index is 0.0803. The molecule has 0 aliphatic heterocycles. The maximum Gasteiger partial charge on any atom is 0.309 e. The summed E-state index contributed by atoms with van der Waals surface area (Å²) < 4.78 is 24.8. The van der Waals surface area contributed by atoms with Gasteiger partial charge < -0.3 is 34.3 Å². The third-order valence-corrected chi connectivity index (χ3v) is 11.2. The fraction of sp³-hybridized carbons (Fsp3) is 0.245. The van der Waals surface area contributed by atoms with Crippen molar-refractivity contribution in [3.63, 3.8) is 0 Å². The average molecular weight is 888 g/mol. The molecule has 3 N–H and O–H groups in total. The van der Waals surface area contributed by atoms with Crippen molar-refractivity contribution in [3.8, 4) is 46.3 Å². The number of ether oxygens (including phenoxy) is 4. The minimum Gasteiger partial charge on any atom is -0.488 e. The molecule has 2 atom stereocenters. The highest BCUT2D eigenvalue weighted by Gasteiger charge is 2.24. The van der Waals surface area contributed by atoms with Gasteiger partial charge >= 0.3 is 5.97 Å². The summed E-state index contributed by atoms with van der Waals surface area (Å²) in [6.07, 6.45) is 5.48. The number of carboxylic acid groups (broad SMARTS) is 1. The van der Waals surface area contributed by atoms with Crippen molar-refractivity contribution in [1.29, 1.82) is 10.5 Å². The molecule has 4 aromatic carbocycles. The molecule has 0 spiro atoms. The van der Waals surface area contributed by atoms with Crippen molar-refractivity contribution in [2.45, 2.75) is 72.8 Å². The molecular weight excluding hydrogens is 843 g/mol. The second-order valence-electron chi connectivity index (χ2n) is 14.9. The lowest BCUT2D eigenvalue weighted by Gasteiger charge is -2.19. The van der Waals surface area contributed by atoms with Crippen LogP contribution in [0.1, 0.15) is 69.0 Å². The van der Waals surface area contributed by atoms with Crippen molar-refractivity contribution in [1.82, 2.24) is 9.97 Å². The van der Waals surface area contributed by atoms with E-state index in [0.717, 1.165) is 33.4 Å². The Labute approximate surface area is 375 Å². The number of nitriles is 2. The van der Waals surface area contributed by atoms with E-state index in [1.165, 1.54) is 19.3 Å². The summed E-state index contributed by atoms with van der Waals surface area (Å²) in [5.41, 5.74) is 9.10. The van der Waals surface area contributed by atoms with Crippen molar-refractivity contribution in [2.24, 2.45) is 5.92 Å². The quantitative estimate of drug-likeness (QED) is 0.0700. The van der Waals surface area contributed by atoms with Gasteiger partial charge in [-0.25, -0.2) is 0 Å². The summed E-state index contributed by atoms with van der Waals surface area (Å²) in [4.78, 5) is 20.0. The van der Waals surface area contributed by atoms with Crippen LogP contribution in [0.2, 0.25) is 10.0 Å². The van der Waals surface area contributed by atoms with Crippen LogP contribution in [0.15, 0.2) is 97.6 Å². The van der Waals surface area contributed by atoms with Crippen molar-refractivity contribution < 1.29 is 39.1 Å². The Kier molecular flexibility index (Phi) is 15.6. The van der Waals surface area contributed by atoms with E-state index in [4.69, 9.17) is 42.1 Å². The number of carbonyl (C=O) groups is 1. The molecule has 12 nitrogen and oxygen atoms in total. The number of pyridine rings is 2. The molecule has 0 amide bonds. The van der Waals surface area contributed by atoms with Crippen molar-refractivity contribution in [2.75, 3.05) is 0 Å². The van der Waals surface area contributed by atoms with Gasteiger partial charge in [0.15, 0.2) is 0 Å². The topological polar surface area (TPSA) is 188 Å². The normalized spacial score (nSPS) is 11.8. The van der Waals surface area contributed by atoms with Crippen molar-refractivity contribution >= 4 is 29.2 Å². The summed E-state index contributed by atoms with van der Waals surface area (Å²) in [7, 11) is 0. The van der Waals surface area contributed by atoms with Gasteiger partial charge in [-0.05, 0) is 96.8 Å². The van der Waals surface area contributed by atoms with Crippen LogP contribution in [0.25, 0.3) is 11.1 Å². The van der Waals surface area contributed by atoms with Gasteiger partial charge in [-0.2, -0.15) is 10.5 Å². The number of hydrogen-bond donors (Lipinski definition) is 3. The van der Waals surface area contributed by atoms with Gasteiger partial charge in [-0.1, -0.05) is 59.6 Å². The number of aliphatic hydroxyl groups excluding tert-OH is 2. The number of aryl methyl sites for hydroxylation is 1. The highest BCUT2D eigenvalue weighted by atomic mass is 35.5. The predicted octanol–water partition coefficient (Wildman–Crippen LogP) is 9.63. The van der Waals surface area contributed by atoms with E-state index in [-0.39, 0.29) is 45.9 Å². The van der Waals surface area contributed by atoms with Gasteiger partial charge in [0.1, 0.15) is 61.6 Å². The van der Waals surface area contributed by atoms with Gasteiger partial charge in [0.25, 0.3) is 0 Å². The Morgan fingerprint density at radius 3 is 1.57 bits per heavy atom. The van der Waals surface area contributed by atoms with E-state index in [1.807, 2.05) is 50.2 Å². The molecule has 0 radical (unpaired) electrons. The minimum atomic E-state index is -1.10. The molecule has 63 heavy (non-hydrogen) atoms. The van der Waals surface area contributed by atoms with E-state index in [1.54, 1.807) is 48.8 Å². The van der Waals surface area contributed by atoms with E-state index < -0.39 is 18.0 Å². The molecule has 14 heteroatoms. The van der Waals surface area contributed by atoms with Crippen LogP contribution in [-0.2, 0) is 44.2 Å². The standard InChI is InChI=1S/C49H44Cl2N4O8/c1-29-37(27-62-47-16-45(60-25-34-12-32(18-52)20-54-22-34)36(14-43(47)50)10-11-42(31(3)57)49(58)59)6-4-8-40(29)41-9-5-7-38(30(41)2)28-63-48-17-46(39(24-56)15-44(48)51)61-26-35-13-33(19-53)21-55-23-35/h4-9,12-17,20-23,31,42,56-57H,10-11,24-28H2,1-3H3,(H,58,59)/t31-,42-/m1/s1. The van der Waals surface area contributed by atoms with E-state index in [2.05, 4.69) is 22.1 Å². The van der Waals surface area contributed by atoms with Crippen LogP contribution in [0, 0.1) is 42.4 Å². The molecule has 322 valence electrons. The first kappa shape index (κ1) is 45.8. The molecule has 0 aliphatic carbocycles. The molecule has 0 aliphatic rings. The second-order valence-corrected chi connectivity index (χ2v) is 15.7. The van der Waals surface area contributed by atoms with E-state index in [0.29, 0.717) is 66.4 Å². The summed E-state index contributed by atoms with van der Waals surface area (Å²) in [5.74, 6) is -0.547. The molecule has 6 rings (SSSR count). The highest BCUT2D eigenvalue weighted by molar-refractivity contribution is 6.32.